The zero-order valence-corrected chi connectivity index (χ0v) is 12.2. The number of hydrogen-bond donors (Lipinski definition) is 0. The maximum Gasteiger partial charge on any atom is 0.284 e. The predicted molar refractivity (Wildman–Crippen MR) is 76.1 cm³/mol. The van der Waals surface area contributed by atoms with Crippen LogP contribution in [0.5, 0.6) is 0 Å². The van der Waals surface area contributed by atoms with Crippen molar-refractivity contribution in [3.8, 4) is 11.7 Å². The Morgan fingerprint density at radius 2 is 2.25 bits per heavy atom. The second kappa shape index (κ2) is 5.64. The highest BCUT2D eigenvalue weighted by atomic mass is 32.2. The summed E-state index contributed by atoms with van der Waals surface area (Å²) in [5.74, 6) is 1.17. The first-order valence-corrected chi connectivity index (χ1v) is 7.62. The SMILES string of the molecule is Cc1ccc(C(=O)CSc2nnc(-c3ccco3)o2)s1. The minimum atomic E-state index is 0.0610. The third-order valence-corrected chi connectivity index (χ3v) is 4.34. The Morgan fingerprint density at radius 3 is 2.95 bits per heavy atom. The van der Waals surface area contributed by atoms with Crippen LogP contribution in [0.1, 0.15) is 14.5 Å². The Balaban J connectivity index is 1.63. The summed E-state index contributed by atoms with van der Waals surface area (Å²) in [4.78, 5) is 13.8. The van der Waals surface area contributed by atoms with E-state index in [1.165, 1.54) is 29.4 Å². The van der Waals surface area contributed by atoms with E-state index >= 15 is 0 Å². The number of hydrogen-bond acceptors (Lipinski definition) is 7. The quantitative estimate of drug-likeness (QED) is 0.529. The number of furan rings is 1. The molecule has 20 heavy (non-hydrogen) atoms. The molecule has 0 saturated carbocycles. The number of rotatable bonds is 5. The smallest absolute Gasteiger partial charge is 0.284 e. The lowest BCUT2D eigenvalue weighted by molar-refractivity contribution is 0.102. The van der Waals surface area contributed by atoms with Crippen molar-refractivity contribution in [2.75, 3.05) is 5.75 Å². The van der Waals surface area contributed by atoms with E-state index in [9.17, 15) is 4.79 Å². The van der Waals surface area contributed by atoms with Gasteiger partial charge in [-0.05, 0) is 31.2 Å². The molecule has 0 N–H and O–H groups in total. The normalized spacial score (nSPS) is 10.8. The Morgan fingerprint density at radius 1 is 1.35 bits per heavy atom. The van der Waals surface area contributed by atoms with Gasteiger partial charge in [-0.2, -0.15) is 0 Å². The maximum absolute atomic E-state index is 11.9. The first-order valence-electron chi connectivity index (χ1n) is 5.82. The highest BCUT2D eigenvalue weighted by Crippen LogP contribution is 2.25. The van der Waals surface area contributed by atoms with Crippen LogP contribution in [0, 0.1) is 6.92 Å². The average molecular weight is 306 g/mol. The molecule has 0 radical (unpaired) electrons. The second-order valence-corrected chi connectivity index (χ2v) is 6.19. The first kappa shape index (κ1) is 13.1. The number of ketones is 1. The molecule has 0 atom stereocenters. The van der Waals surface area contributed by atoms with E-state index in [-0.39, 0.29) is 11.5 Å². The van der Waals surface area contributed by atoms with Gasteiger partial charge in [-0.15, -0.1) is 21.5 Å². The maximum atomic E-state index is 11.9. The van der Waals surface area contributed by atoms with Crippen LogP contribution in [0.4, 0.5) is 0 Å². The average Bonchev–Trinajstić information content (AvgIpc) is 3.16. The van der Waals surface area contributed by atoms with Crippen LogP contribution in [0.2, 0.25) is 0 Å². The fraction of sp³-hybridized carbons (Fsp3) is 0.154. The van der Waals surface area contributed by atoms with Crippen LogP contribution in [-0.4, -0.2) is 21.7 Å². The number of carbonyl (C=O) groups excluding carboxylic acids is 1. The molecule has 102 valence electrons. The number of thiophene rings is 1. The molecule has 0 aliphatic carbocycles. The number of thioether (sulfide) groups is 1. The summed E-state index contributed by atoms with van der Waals surface area (Å²) in [7, 11) is 0. The largest absolute Gasteiger partial charge is 0.459 e. The monoisotopic (exact) mass is 306 g/mol. The van der Waals surface area contributed by atoms with Gasteiger partial charge in [-0.3, -0.25) is 4.79 Å². The summed E-state index contributed by atoms with van der Waals surface area (Å²) in [6.07, 6.45) is 1.54. The van der Waals surface area contributed by atoms with Crippen LogP contribution < -0.4 is 0 Å². The van der Waals surface area contributed by atoms with Crippen LogP contribution in [0.15, 0.2) is 44.6 Å². The molecule has 0 spiro atoms. The molecule has 3 aromatic heterocycles. The van der Waals surface area contributed by atoms with E-state index in [4.69, 9.17) is 8.83 Å². The van der Waals surface area contributed by atoms with Crippen LogP contribution >= 0.6 is 23.1 Å². The van der Waals surface area contributed by atoms with Crippen molar-refractivity contribution in [3.05, 3.63) is 40.3 Å². The molecule has 3 rings (SSSR count). The van der Waals surface area contributed by atoms with Gasteiger partial charge in [-0.25, -0.2) is 0 Å². The predicted octanol–water partition coefficient (Wildman–Crippen LogP) is 3.67. The first-order chi connectivity index (χ1) is 9.72. The number of carbonyl (C=O) groups is 1. The van der Waals surface area contributed by atoms with E-state index in [1.807, 2.05) is 19.1 Å². The van der Waals surface area contributed by atoms with Gasteiger partial charge in [0, 0.05) is 4.88 Å². The highest BCUT2D eigenvalue weighted by molar-refractivity contribution is 7.99. The van der Waals surface area contributed by atoms with Crippen LogP contribution in [-0.2, 0) is 0 Å². The van der Waals surface area contributed by atoms with Crippen molar-refractivity contribution in [2.45, 2.75) is 12.1 Å². The summed E-state index contributed by atoms with van der Waals surface area (Å²) in [6, 6.07) is 7.26. The molecule has 3 heterocycles. The highest BCUT2D eigenvalue weighted by Gasteiger charge is 2.14. The molecule has 0 fully saturated rings. The van der Waals surface area contributed by atoms with Crippen molar-refractivity contribution in [2.24, 2.45) is 0 Å². The summed E-state index contributed by atoms with van der Waals surface area (Å²) in [6.45, 7) is 1.97. The topological polar surface area (TPSA) is 69.1 Å². The van der Waals surface area contributed by atoms with Gasteiger partial charge in [0.15, 0.2) is 11.5 Å². The standard InChI is InChI=1S/C13H10N2O3S2/c1-8-4-5-11(20-8)9(16)7-19-13-15-14-12(18-13)10-3-2-6-17-10/h2-6H,7H2,1H3. The minimum absolute atomic E-state index is 0.0610. The lowest BCUT2D eigenvalue weighted by Gasteiger charge is -1.94. The van der Waals surface area contributed by atoms with Gasteiger partial charge in [0.25, 0.3) is 11.1 Å². The molecular formula is C13H10N2O3S2. The zero-order chi connectivity index (χ0) is 13.9. The lowest BCUT2D eigenvalue weighted by atomic mass is 10.3. The van der Waals surface area contributed by atoms with Crippen LogP contribution in [0.3, 0.4) is 0 Å². The van der Waals surface area contributed by atoms with Crippen molar-refractivity contribution in [1.82, 2.24) is 10.2 Å². The Bertz CT molecular complexity index is 716. The van der Waals surface area contributed by atoms with Crippen molar-refractivity contribution < 1.29 is 13.6 Å². The van der Waals surface area contributed by atoms with Crippen LogP contribution in [0.25, 0.3) is 11.7 Å². The molecule has 7 heteroatoms. The molecule has 0 saturated heterocycles. The van der Waals surface area contributed by atoms with Gasteiger partial charge in [0.1, 0.15) is 0 Å². The van der Waals surface area contributed by atoms with Crippen molar-refractivity contribution in [1.29, 1.82) is 0 Å². The summed E-state index contributed by atoms with van der Waals surface area (Å²) < 4.78 is 10.6. The molecule has 0 bridgehead atoms. The Hall–Kier alpha value is -1.86. The van der Waals surface area contributed by atoms with Gasteiger partial charge in [0.2, 0.25) is 0 Å². The third-order valence-electron chi connectivity index (χ3n) is 2.48. The Labute approximate surface area is 123 Å². The number of nitrogens with zero attached hydrogens (tertiary/aromatic N) is 2. The van der Waals surface area contributed by atoms with E-state index in [0.29, 0.717) is 16.9 Å². The summed E-state index contributed by atoms with van der Waals surface area (Å²) in [5.41, 5.74) is 0. The molecule has 0 aliphatic heterocycles. The molecule has 0 unspecified atom stereocenters. The molecule has 0 aromatic carbocycles. The van der Waals surface area contributed by atoms with Gasteiger partial charge < -0.3 is 8.83 Å². The number of aryl methyl sites for hydroxylation is 1. The van der Waals surface area contributed by atoms with Crippen molar-refractivity contribution in [3.63, 3.8) is 0 Å². The Kier molecular flexibility index (Phi) is 3.70. The van der Waals surface area contributed by atoms with E-state index in [0.717, 1.165) is 9.75 Å². The third kappa shape index (κ3) is 2.83. The van der Waals surface area contributed by atoms with Gasteiger partial charge >= 0.3 is 0 Å². The van der Waals surface area contributed by atoms with E-state index in [2.05, 4.69) is 10.2 Å². The fourth-order valence-electron chi connectivity index (χ4n) is 1.55. The summed E-state index contributed by atoms with van der Waals surface area (Å²) in [5, 5.41) is 8.11. The number of aromatic nitrogens is 2. The molecule has 3 aromatic rings. The molecule has 0 aliphatic rings. The lowest BCUT2D eigenvalue weighted by Crippen LogP contribution is -1.99. The second-order valence-electron chi connectivity index (χ2n) is 3.97. The van der Waals surface area contributed by atoms with E-state index in [1.54, 1.807) is 12.1 Å². The van der Waals surface area contributed by atoms with Gasteiger partial charge in [0.05, 0.1) is 16.9 Å². The molecule has 0 amide bonds. The fourth-order valence-corrected chi connectivity index (χ4v) is 3.09. The minimum Gasteiger partial charge on any atom is -0.459 e. The van der Waals surface area contributed by atoms with E-state index < -0.39 is 0 Å². The van der Waals surface area contributed by atoms with Crippen molar-refractivity contribution >= 4 is 28.9 Å². The zero-order valence-electron chi connectivity index (χ0n) is 10.5. The molecular weight excluding hydrogens is 296 g/mol. The van der Waals surface area contributed by atoms with Gasteiger partial charge in [-0.1, -0.05) is 11.8 Å². The molecule has 5 nitrogen and oxygen atoms in total. The number of Topliss-reactive ketones (excluding diaryl/α,β-unsaturated/α-hetero) is 1. The summed E-state index contributed by atoms with van der Waals surface area (Å²) >= 11 is 2.72.